The quantitative estimate of drug-likeness (QED) is 0.175. The molecule has 38 heavy (non-hydrogen) atoms. The summed E-state index contributed by atoms with van der Waals surface area (Å²) in [6, 6.07) is 25.7. The molecule has 0 aliphatic rings. The van der Waals surface area contributed by atoms with Crippen LogP contribution in [-0.2, 0) is 0 Å². The van der Waals surface area contributed by atoms with Crippen molar-refractivity contribution in [2.75, 3.05) is 0 Å². The van der Waals surface area contributed by atoms with Crippen LogP contribution in [0.5, 0.6) is 0 Å². The molecule has 0 saturated carbocycles. The average Bonchev–Trinajstić information content (AvgIpc) is 3.73. The summed E-state index contributed by atoms with van der Waals surface area (Å²) >= 11 is 5.94. The highest BCUT2D eigenvalue weighted by atomic mass is 32.1. The maximum Gasteiger partial charge on any atom is 0.110 e. The summed E-state index contributed by atoms with van der Waals surface area (Å²) in [6.07, 6.45) is 0. The van der Waals surface area contributed by atoms with E-state index in [1.165, 1.54) is 45.3 Å². The molecule has 0 radical (unpaired) electrons. The number of hydrogen-bond donors (Lipinski definition) is 0. The van der Waals surface area contributed by atoms with Crippen LogP contribution < -0.4 is 0 Å². The second-order valence-corrected chi connectivity index (χ2v) is 13.2. The van der Waals surface area contributed by atoms with Crippen LogP contribution in [0.3, 0.4) is 0 Å². The molecule has 0 aliphatic heterocycles. The molecule has 0 unspecified atom stereocenters. The zero-order valence-electron chi connectivity index (χ0n) is 19.0. The van der Waals surface area contributed by atoms with Crippen LogP contribution in [0.25, 0.3) is 72.7 Å². The van der Waals surface area contributed by atoms with Crippen LogP contribution in [0.1, 0.15) is 19.5 Å². The highest BCUT2D eigenvalue weighted by Gasteiger charge is 2.19. The molecule has 8 rings (SSSR count). The molecular formula is C30H8N4S4. The van der Waals surface area contributed by atoms with E-state index in [1.807, 2.05) is 24.3 Å². The van der Waals surface area contributed by atoms with Gasteiger partial charge in [-0.25, -0.2) is 0 Å². The van der Waals surface area contributed by atoms with Gasteiger partial charge in [0.15, 0.2) is 0 Å². The lowest BCUT2D eigenvalue weighted by atomic mass is 9.96. The molecule has 0 bridgehead atoms. The van der Waals surface area contributed by atoms with Crippen molar-refractivity contribution in [1.82, 2.24) is 0 Å². The van der Waals surface area contributed by atoms with Crippen molar-refractivity contribution in [3.8, 4) is 24.3 Å². The second-order valence-electron chi connectivity index (χ2n) is 9.00. The zero-order valence-corrected chi connectivity index (χ0v) is 22.3. The molecule has 0 amide bonds. The highest BCUT2D eigenvalue weighted by molar-refractivity contribution is 7.23. The number of hydrogen-bond acceptors (Lipinski definition) is 8. The van der Waals surface area contributed by atoms with Crippen molar-refractivity contribution in [2.24, 2.45) is 0 Å². The van der Waals surface area contributed by atoms with E-state index in [1.54, 1.807) is 0 Å². The average molecular weight is 553 g/mol. The standard InChI is InChI=1S/C30H8N4S4/c31-9-15-5-23-24-6-16(10-32)36-28(24)20-3-14-4-22-21(2-13(14)1-19(20)27(23)35-15)29-25(7-17(11-33)37-29)26-8-18(12-34)38-30(22)26/h1-8H. The van der Waals surface area contributed by atoms with Gasteiger partial charge in [-0.3, -0.25) is 0 Å². The predicted molar refractivity (Wildman–Crippen MR) is 159 cm³/mol. The number of nitriles is 4. The molecule has 8 aromatic rings. The number of benzene rings is 4. The summed E-state index contributed by atoms with van der Waals surface area (Å²) < 4.78 is 4.20. The Morgan fingerprint density at radius 3 is 0.763 bits per heavy atom. The SMILES string of the molecule is N#Cc1cc2c3cc(C#N)sc3c3cc4cc5c(cc4cc3c2s1)c1sc(C#N)cc1c1cc(C#N)sc15. The van der Waals surface area contributed by atoms with E-state index in [4.69, 9.17) is 0 Å². The molecule has 172 valence electrons. The summed E-state index contributed by atoms with van der Waals surface area (Å²) in [4.78, 5) is 2.59. The molecular weight excluding hydrogens is 545 g/mol. The first-order valence-corrected chi connectivity index (χ1v) is 14.7. The Morgan fingerprint density at radius 1 is 0.342 bits per heavy atom. The van der Waals surface area contributed by atoms with Crippen LogP contribution in [0.4, 0.5) is 0 Å². The first-order valence-electron chi connectivity index (χ1n) is 11.4. The molecule has 4 nitrogen and oxygen atoms in total. The van der Waals surface area contributed by atoms with E-state index in [2.05, 4.69) is 48.5 Å². The number of nitrogens with zero attached hydrogens (tertiary/aromatic N) is 4. The maximum absolute atomic E-state index is 9.62. The number of fused-ring (bicyclic) bond motifs is 13. The van der Waals surface area contributed by atoms with Crippen molar-refractivity contribution < 1.29 is 0 Å². The van der Waals surface area contributed by atoms with Crippen molar-refractivity contribution in [3.63, 3.8) is 0 Å². The van der Waals surface area contributed by atoms with Gasteiger partial charge in [0, 0.05) is 61.9 Å². The fourth-order valence-electron chi connectivity index (χ4n) is 5.49. The van der Waals surface area contributed by atoms with Gasteiger partial charge in [0.25, 0.3) is 0 Å². The molecule has 0 aliphatic carbocycles. The van der Waals surface area contributed by atoms with E-state index < -0.39 is 0 Å². The minimum absolute atomic E-state index is 0.648. The summed E-state index contributed by atoms with van der Waals surface area (Å²) in [5, 5.41) is 49.0. The fraction of sp³-hybridized carbons (Fsp3) is 0. The maximum atomic E-state index is 9.62. The van der Waals surface area contributed by atoms with Gasteiger partial charge in [0.1, 0.15) is 43.8 Å². The van der Waals surface area contributed by atoms with Gasteiger partial charge < -0.3 is 0 Å². The Labute approximate surface area is 230 Å². The van der Waals surface area contributed by atoms with E-state index >= 15 is 0 Å². The second kappa shape index (κ2) is 7.50. The largest absolute Gasteiger partial charge is 0.192 e. The van der Waals surface area contributed by atoms with Gasteiger partial charge in [-0.15, -0.1) is 45.3 Å². The topological polar surface area (TPSA) is 95.2 Å². The summed E-state index contributed by atoms with van der Waals surface area (Å²) in [7, 11) is 0. The smallest absolute Gasteiger partial charge is 0.110 e. The molecule has 4 aromatic carbocycles. The first kappa shape index (κ1) is 21.5. The first-order chi connectivity index (χ1) is 18.6. The number of rotatable bonds is 0. The molecule has 4 heterocycles. The summed E-state index contributed by atoms with van der Waals surface area (Å²) in [5.74, 6) is 0. The Kier molecular flexibility index (Phi) is 4.25. The minimum Gasteiger partial charge on any atom is -0.192 e. The lowest BCUT2D eigenvalue weighted by Crippen LogP contribution is -1.81. The molecule has 0 spiro atoms. The van der Waals surface area contributed by atoms with Crippen molar-refractivity contribution in [2.45, 2.75) is 0 Å². The lowest BCUT2D eigenvalue weighted by Gasteiger charge is -2.09. The fourth-order valence-corrected chi connectivity index (χ4v) is 9.49. The zero-order chi connectivity index (χ0) is 25.7. The third kappa shape index (κ3) is 2.73. The van der Waals surface area contributed by atoms with Gasteiger partial charge in [0.05, 0.1) is 0 Å². The van der Waals surface area contributed by atoms with Crippen molar-refractivity contribution in [3.05, 3.63) is 68.0 Å². The molecule has 0 saturated heterocycles. The van der Waals surface area contributed by atoms with E-state index in [-0.39, 0.29) is 0 Å². The van der Waals surface area contributed by atoms with E-state index in [0.29, 0.717) is 19.5 Å². The van der Waals surface area contributed by atoms with Gasteiger partial charge >= 0.3 is 0 Å². The molecule has 4 aromatic heterocycles. The monoisotopic (exact) mass is 552 g/mol. The van der Waals surface area contributed by atoms with Crippen LogP contribution >= 0.6 is 45.3 Å². The predicted octanol–water partition coefficient (Wildman–Crippen LogP) is 9.49. The van der Waals surface area contributed by atoms with Crippen molar-refractivity contribution >= 4 is 118 Å². The van der Waals surface area contributed by atoms with Gasteiger partial charge in [-0.05, 0) is 59.3 Å². The Bertz CT molecular complexity index is 2210. The van der Waals surface area contributed by atoms with Crippen LogP contribution in [-0.4, -0.2) is 0 Å². The lowest BCUT2D eigenvalue weighted by molar-refractivity contribution is 1.52. The third-order valence-electron chi connectivity index (χ3n) is 7.04. The third-order valence-corrected chi connectivity index (χ3v) is 11.3. The molecule has 8 heteroatoms. The normalized spacial score (nSPS) is 11.6. The van der Waals surface area contributed by atoms with Crippen LogP contribution in [0.15, 0.2) is 48.5 Å². The van der Waals surface area contributed by atoms with E-state index in [0.717, 1.165) is 72.7 Å². The summed E-state index contributed by atoms with van der Waals surface area (Å²) in [6.45, 7) is 0. The van der Waals surface area contributed by atoms with Crippen LogP contribution in [0, 0.1) is 45.3 Å². The summed E-state index contributed by atoms with van der Waals surface area (Å²) in [5.41, 5.74) is 0. The van der Waals surface area contributed by atoms with Crippen molar-refractivity contribution in [1.29, 1.82) is 21.0 Å². The van der Waals surface area contributed by atoms with Gasteiger partial charge in [-0.1, -0.05) is 0 Å². The van der Waals surface area contributed by atoms with Gasteiger partial charge in [-0.2, -0.15) is 21.0 Å². The molecule has 0 atom stereocenters. The number of thiophene rings is 4. The molecule has 0 fully saturated rings. The van der Waals surface area contributed by atoms with Crippen LogP contribution in [0.2, 0.25) is 0 Å². The molecule has 0 N–H and O–H groups in total. The van der Waals surface area contributed by atoms with Gasteiger partial charge in [0.2, 0.25) is 0 Å². The highest BCUT2D eigenvalue weighted by Crippen LogP contribution is 2.47. The Hall–Kier alpha value is -4.54. The minimum atomic E-state index is 0.648. The van der Waals surface area contributed by atoms with E-state index in [9.17, 15) is 21.0 Å². The Morgan fingerprint density at radius 2 is 0.553 bits per heavy atom. The Balaban J connectivity index is 1.60.